The van der Waals surface area contributed by atoms with Crippen molar-refractivity contribution in [3.05, 3.63) is 41.4 Å². The maximum atomic E-state index is 12.6. The summed E-state index contributed by atoms with van der Waals surface area (Å²) in [6.07, 6.45) is 0. The van der Waals surface area contributed by atoms with Gasteiger partial charge in [-0.05, 0) is 0 Å². The van der Waals surface area contributed by atoms with Gasteiger partial charge in [0, 0.05) is 24.0 Å². The van der Waals surface area contributed by atoms with Gasteiger partial charge in [-0.2, -0.15) is 0 Å². The zero-order valence-corrected chi connectivity index (χ0v) is 12.4. The van der Waals surface area contributed by atoms with E-state index < -0.39 is 5.97 Å². The quantitative estimate of drug-likeness (QED) is 0.629. The van der Waals surface area contributed by atoms with Crippen LogP contribution in [0.15, 0.2) is 33.8 Å². The molecule has 1 aliphatic carbocycles. The van der Waals surface area contributed by atoms with E-state index >= 15 is 0 Å². The van der Waals surface area contributed by atoms with Crippen molar-refractivity contribution in [2.45, 2.75) is 26.7 Å². The summed E-state index contributed by atoms with van der Waals surface area (Å²) in [6.45, 7) is 5.09. The van der Waals surface area contributed by atoms with Gasteiger partial charge in [0.25, 0.3) is 0 Å². The van der Waals surface area contributed by atoms with Gasteiger partial charge >= 0.3 is 5.97 Å². The standard InChI is InChI=1S/C16H14N2O4/c1-8(2)16-17-13-12(18-22-9(3)19)14(20)10-6-4-5-7-11(10)15(13)21-16/h4-8H,1-3H3. The number of oxazole rings is 1. The van der Waals surface area contributed by atoms with E-state index in [2.05, 4.69) is 15.0 Å². The summed E-state index contributed by atoms with van der Waals surface area (Å²) in [7, 11) is 0. The van der Waals surface area contributed by atoms with Gasteiger partial charge in [0.15, 0.2) is 17.4 Å². The Balaban J connectivity index is 2.23. The van der Waals surface area contributed by atoms with Crippen LogP contribution >= 0.6 is 0 Å². The van der Waals surface area contributed by atoms with Gasteiger partial charge in [0.2, 0.25) is 5.78 Å². The number of aromatic nitrogens is 1. The van der Waals surface area contributed by atoms with Crippen molar-refractivity contribution in [1.29, 1.82) is 0 Å². The van der Waals surface area contributed by atoms with E-state index in [0.717, 1.165) is 0 Å². The molecule has 0 fully saturated rings. The molecule has 0 saturated heterocycles. The zero-order valence-electron chi connectivity index (χ0n) is 12.4. The summed E-state index contributed by atoms with van der Waals surface area (Å²) in [5, 5.41) is 3.67. The number of nitrogens with zero attached hydrogens (tertiary/aromatic N) is 2. The first-order valence-electron chi connectivity index (χ1n) is 6.89. The van der Waals surface area contributed by atoms with Gasteiger partial charge in [0.1, 0.15) is 5.69 Å². The predicted octanol–water partition coefficient (Wildman–Crippen LogP) is 2.93. The predicted molar refractivity (Wildman–Crippen MR) is 78.7 cm³/mol. The minimum atomic E-state index is -0.603. The molecule has 22 heavy (non-hydrogen) atoms. The van der Waals surface area contributed by atoms with E-state index in [0.29, 0.717) is 28.5 Å². The van der Waals surface area contributed by atoms with E-state index in [1.165, 1.54) is 6.92 Å². The summed E-state index contributed by atoms with van der Waals surface area (Å²) >= 11 is 0. The molecule has 1 heterocycles. The first-order chi connectivity index (χ1) is 10.5. The Hall–Kier alpha value is -2.76. The molecule has 1 aliphatic rings. The lowest BCUT2D eigenvalue weighted by atomic mass is 9.90. The van der Waals surface area contributed by atoms with Crippen molar-refractivity contribution in [2.75, 3.05) is 0 Å². The van der Waals surface area contributed by atoms with Crippen molar-refractivity contribution in [3.8, 4) is 11.3 Å². The van der Waals surface area contributed by atoms with E-state index in [1.807, 2.05) is 19.9 Å². The van der Waals surface area contributed by atoms with Crippen molar-refractivity contribution in [2.24, 2.45) is 5.16 Å². The Morgan fingerprint density at radius 2 is 1.95 bits per heavy atom. The van der Waals surface area contributed by atoms with Crippen LogP contribution in [0.25, 0.3) is 11.3 Å². The van der Waals surface area contributed by atoms with Crippen LogP contribution in [-0.2, 0) is 9.63 Å². The molecule has 0 unspecified atom stereocenters. The second-order valence-electron chi connectivity index (χ2n) is 5.28. The molecule has 1 aromatic heterocycles. The van der Waals surface area contributed by atoms with Gasteiger partial charge in [-0.1, -0.05) is 43.3 Å². The summed E-state index contributed by atoms with van der Waals surface area (Å²) in [6, 6.07) is 7.05. The normalized spacial score (nSPS) is 14.9. The Labute approximate surface area is 126 Å². The van der Waals surface area contributed by atoms with Crippen LogP contribution in [0.5, 0.6) is 0 Å². The first-order valence-corrected chi connectivity index (χ1v) is 6.89. The second-order valence-corrected chi connectivity index (χ2v) is 5.28. The maximum absolute atomic E-state index is 12.6. The Morgan fingerprint density at radius 1 is 1.27 bits per heavy atom. The van der Waals surface area contributed by atoms with E-state index in [-0.39, 0.29) is 17.4 Å². The molecule has 6 nitrogen and oxygen atoms in total. The molecule has 0 N–H and O–H groups in total. The number of oxime groups is 1. The molecule has 3 rings (SSSR count). The molecule has 0 aliphatic heterocycles. The molecule has 1 aromatic carbocycles. The number of hydrogen-bond acceptors (Lipinski definition) is 6. The van der Waals surface area contributed by atoms with Crippen LogP contribution in [0, 0.1) is 0 Å². The summed E-state index contributed by atoms with van der Waals surface area (Å²) in [5.74, 6) is 0.0962. The van der Waals surface area contributed by atoms with Gasteiger partial charge in [-0.25, -0.2) is 9.78 Å². The SMILES string of the molecule is CC(=O)ON=C1C(=O)c2ccccc2-c2oc(C(C)C)nc21. The average Bonchev–Trinajstić information content (AvgIpc) is 2.92. The zero-order chi connectivity index (χ0) is 15.9. The van der Waals surface area contributed by atoms with Crippen LogP contribution < -0.4 is 0 Å². The number of Topliss-reactive ketones (excluding diaryl/α,β-unsaturated/α-hetero) is 1. The molecule has 0 bridgehead atoms. The van der Waals surface area contributed by atoms with Gasteiger partial charge in [-0.3, -0.25) is 4.79 Å². The number of ketones is 1. The van der Waals surface area contributed by atoms with Gasteiger partial charge in [0.05, 0.1) is 0 Å². The third kappa shape index (κ3) is 2.22. The number of benzene rings is 1. The number of carbonyl (C=O) groups excluding carboxylic acids is 2. The number of rotatable bonds is 2. The van der Waals surface area contributed by atoms with Crippen LogP contribution in [0.4, 0.5) is 0 Å². The van der Waals surface area contributed by atoms with Crippen LogP contribution in [0.3, 0.4) is 0 Å². The Bertz CT molecular complexity index is 802. The number of fused-ring (bicyclic) bond motifs is 3. The molecule has 0 atom stereocenters. The largest absolute Gasteiger partial charge is 0.440 e. The summed E-state index contributed by atoms with van der Waals surface area (Å²) < 4.78 is 5.79. The second kappa shape index (κ2) is 5.22. The van der Waals surface area contributed by atoms with Crippen molar-refractivity contribution in [3.63, 3.8) is 0 Å². The van der Waals surface area contributed by atoms with Gasteiger partial charge < -0.3 is 9.25 Å². The van der Waals surface area contributed by atoms with Crippen LogP contribution in [0.2, 0.25) is 0 Å². The fraction of sp³-hybridized carbons (Fsp3) is 0.250. The lowest BCUT2D eigenvalue weighted by Crippen LogP contribution is -2.23. The fourth-order valence-electron chi connectivity index (χ4n) is 2.24. The molecular formula is C16H14N2O4. The third-order valence-corrected chi connectivity index (χ3v) is 3.26. The fourth-order valence-corrected chi connectivity index (χ4v) is 2.24. The maximum Gasteiger partial charge on any atom is 0.332 e. The molecule has 0 radical (unpaired) electrons. The highest BCUT2D eigenvalue weighted by Crippen LogP contribution is 2.35. The highest BCUT2D eigenvalue weighted by Gasteiger charge is 2.34. The van der Waals surface area contributed by atoms with E-state index in [4.69, 9.17) is 4.42 Å². The molecule has 0 amide bonds. The Morgan fingerprint density at radius 3 is 2.59 bits per heavy atom. The lowest BCUT2D eigenvalue weighted by molar-refractivity contribution is -0.140. The van der Waals surface area contributed by atoms with Gasteiger partial charge in [-0.15, -0.1) is 0 Å². The third-order valence-electron chi connectivity index (χ3n) is 3.26. The minimum Gasteiger partial charge on any atom is -0.440 e. The first kappa shape index (κ1) is 14.2. The molecule has 6 heteroatoms. The smallest absolute Gasteiger partial charge is 0.332 e. The molecular weight excluding hydrogens is 284 g/mol. The van der Waals surface area contributed by atoms with Crippen molar-refractivity contribution < 1.29 is 18.8 Å². The topological polar surface area (TPSA) is 81.8 Å². The molecule has 0 spiro atoms. The van der Waals surface area contributed by atoms with Crippen LogP contribution in [-0.4, -0.2) is 22.4 Å². The molecule has 0 saturated carbocycles. The number of hydrogen-bond donors (Lipinski definition) is 0. The van der Waals surface area contributed by atoms with E-state index in [9.17, 15) is 9.59 Å². The monoisotopic (exact) mass is 298 g/mol. The van der Waals surface area contributed by atoms with Crippen LogP contribution in [0.1, 0.15) is 48.6 Å². The van der Waals surface area contributed by atoms with Crippen molar-refractivity contribution in [1.82, 2.24) is 4.98 Å². The highest BCUT2D eigenvalue weighted by molar-refractivity contribution is 6.54. The molecule has 112 valence electrons. The minimum absolute atomic E-state index is 0.0143. The van der Waals surface area contributed by atoms with Crippen molar-refractivity contribution >= 4 is 17.5 Å². The molecule has 2 aromatic rings. The number of carbonyl (C=O) groups is 2. The van der Waals surface area contributed by atoms with E-state index in [1.54, 1.807) is 18.2 Å². The highest BCUT2D eigenvalue weighted by atomic mass is 16.7. The Kier molecular flexibility index (Phi) is 3.36. The average molecular weight is 298 g/mol. The summed E-state index contributed by atoms with van der Waals surface area (Å²) in [4.78, 5) is 32.5. The lowest BCUT2D eigenvalue weighted by Gasteiger charge is -2.13. The summed E-state index contributed by atoms with van der Waals surface area (Å²) in [5.41, 5.74) is 1.42.